The number of esters is 1. The topological polar surface area (TPSA) is 84.9 Å². The molecule has 1 aliphatic rings. The van der Waals surface area contributed by atoms with E-state index in [1.807, 2.05) is 20.8 Å². The molecule has 1 rings (SSSR count). The van der Waals surface area contributed by atoms with Crippen molar-refractivity contribution in [1.29, 1.82) is 0 Å². The van der Waals surface area contributed by atoms with Gasteiger partial charge in [0, 0.05) is 24.7 Å². The summed E-state index contributed by atoms with van der Waals surface area (Å²) in [6.07, 6.45) is 11.6. The summed E-state index contributed by atoms with van der Waals surface area (Å²) < 4.78 is 11.1. The summed E-state index contributed by atoms with van der Waals surface area (Å²) in [6.45, 7) is 8.49. The van der Waals surface area contributed by atoms with Crippen LogP contribution in [0.25, 0.3) is 0 Å². The zero-order valence-corrected chi connectivity index (χ0v) is 21.1. The number of unbranched alkanes of at least 4 members (excludes halogenated alkanes) is 6. The first kappa shape index (κ1) is 30.1. The average molecular weight is 460 g/mol. The monoisotopic (exact) mass is 459 g/mol. The second-order valence-electron chi connectivity index (χ2n) is 7.88. The van der Waals surface area contributed by atoms with Crippen LogP contribution in [-0.4, -0.2) is 54.0 Å². The van der Waals surface area contributed by atoms with Gasteiger partial charge in [0.2, 0.25) is 0 Å². The highest BCUT2D eigenvalue weighted by molar-refractivity contribution is 8.11. The Hall–Kier alpha value is -0.890. The van der Waals surface area contributed by atoms with Gasteiger partial charge in [-0.25, -0.2) is 4.79 Å². The molecule has 1 saturated heterocycles. The van der Waals surface area contributed by atoms with Crippen LogP contribution < -0.4 is 5.32 Å². The number of ether oxygens (including phenoxy) is 2. The van der Waals surface area contributed by atoms with Crippen molar-refractivity contribution < 1.29 is 24.2 Å². The van der Waals surface area contributed by atoms with Crippen molar-refractivity contribution >= 4 is 23.3 Å². The molecule has 2 N–H and O–H groups in total. The van der Waals surface area contributed by atoms with Crippen LogP contribution in [0.1, 0.15) is 91.9 Å². The van der Waals surface area contributed by atoms with Crippen LogP contribution in [0.4, 0.5) is 0 Å². The summed E-state index contributed by atoms with van der Waals surface area (Å²) >= 11 is 1.07. The van der Waals surface area contributed by atoms with E-state index >= 15 is 0 Å². The molecule has 0 aromatic rings. The van der Waals surface area contributed by atoms with E-state index in [9.17, 15) is 14.7 Å². The minimum atomic E-state index is -1.45. The lowest BCUT2D eigenvalue weighted by Gasteiger charge is -2.41. The number of nitrogens with one attached hydrogen (secondary N) is 1. The van der Waals surface area contributed by atoms with Gasteiger partial charge < -0.3 is 19.9 Å². The van der Waals surface area contributed by atoms with E-state index in [-0.39, 0.29) is 12.4 Å². The van der Waals surface area contributed by atoms with Gasteiger partial charge in [0.1, 0.15) is 6.10 Å². The molecule has 1 heterocycles. The zero-order valence-electron chi connectivity index (χ0n) is 20.3. The molecule has 0 saturated carbocycles. The lowest BCUT2D eigenvalue weighted by molar-refractivity contribution is -0.257. The Morgan fingerprint density at radius 2 is 1.90 bits per heavy atom. The third kappa shape index (κ3) is 13.3. The van der Waals surface area contributed by atoms with Gasteiger partial charge in [-0.15, -0.1) is 0 Å². The van der Waals surface area contributed by atoms with Crippen LogP contribution in [-0.2, 0) is 19.1 Å². The van der Waals surface area contributed by atoms with Crippen molar-refractivity contribution in [3.63, 3.8) is 0 Å². The summed E-state index contributed by atoms with van der Waals surface area (Å²) in [5, 5.41) is 13.8. The Balaban J connectivity index is 0.00000436. The Morgan fingerprint density at radius 3 is 2.52 bits per heavy atom. The van der Waals surface area contributed by atoms with E-state index < -0.39 is 17.9 Å². The summed E-state index contributed by atoms with van der Waals surface area (Å²) in [5.41, 5.74) is 1.77. The smallest absolute Gasteiger partial charge is 0.330 e. The maximum absolute atomic E-state index is 12.3. The molecule has 3 atom stereocenters. The number of likely N-dealkylation sites (N-methyl/N-ethyl adjacent to an activating group) is 1. The molecule has 182 valence electrons. The highest BCUT2D eigenvalue weighted by atomic mass is 32.2. The number of hydrogen-bond acceptors (Lipinski definition) is 7. The van der Waals surface area contributed by atoms with Gasteiger partial charge in [0.05, 0.1) is 12.6 Å². The van der Waals surface area contributed by atoms with Crippen molar-refractivity contribution in [2.24, 2.45) is 0 Å². The molecule has 3 unspecified atom stereocenters. The van der Waals surface area contributed by atoms with Crippen molar-refractivity contribution in [3.8, 4) is 0 Å². The van der Waals surface area contributed by atoms with E-state index in [1.165, 1.54) is 38.5 Å². The molecule has 1 aliphatic heterocycles. The minimum absolute atomic E-state index is 0.189. The fraction of sp³-hybridized carbons (Fsp3) is 0.833. The van der Waals surface area contributed by atoms with Crippen molar-refractivity contribution in [1.82, 2.24) is 5.32 Å². The quantitative estimate of drug-likeness (QED) is 0.154. The van der Waals surface area contributed by atoms with Crippen molar-refractivity contribution in [2.45, 2.75) is 110 Å². The summed E-state index contributed by atoms with van der Waals surface area (Å²) in [7, 11) is 1.71. The number of aliphatic hydroxyl groups is 1. The molecule has 0 radical (unpaired) electrons. The Morgan fingerprint density at radius 1 is 1.26 bits per heavy atom. The van der Waals surface area contributed by atoms with Gasteiger partial charge in [0.25, 0.3) is 0 Å². The van der Waals surface area contributed by atoms with Crippen LogP contribution in [0.2, 0.25) is 0 Å². The van der Waals surface area contributed by atoms with Gasteiger partial charge >= 0.3 is 5.97 Å². The normalized spacial score (nSPS) is 22.3. The molecular weight excluding hydrogens is 414 g/mol. The van der Waals surface area contributed by atoms with Crippen molar-refractivity contribution in [3.05, 3.63) is 11.6 Å². The Labute approximate surface area is 193 Å². The van der Waals surface area contributed by atoms with Crippen LogP contribution in [0.5, 0.6) is 0 Å². The van der Waals surface area contributed by atoms with Crippen LogP contribution >= 0.6 is 11.8 Å². The Bertz CT molecular complexity index is 514. The van der Waals surface area contributed by atoms with E-state index in [4.69, 9.17) is 9.47 Å². The third-order valence-electron chi connectivity index (χ3n) is 5.36. The van der Waals surface area contributed by atoms with Gasteiger partial charge in [-0.3, -0.25) is 4.79 Å². The number of carbonyl (C=O) groups excluding carboxylic acids is 2. The molecular formula is C24H45NO5S. The van der Waals surface area contributed by atoms with Gasteiger partial charge in [-0.1, -0.05) is 76.6 Å². The lowest BCUT2D eigenvalue weighted by atomic mass is 9.96. The predicted octanol–water partition coefficient (Wildman–Crippen LogP) is 5.02. The largest absolute Gasteiger partial charge is 0.459 e. The predicted molar refractivity (Wildman–Crippen MR) is 130 cm³/mol. The summed E-state index contributed by atoms with van der Waals surface area (Å²) in [6, 6.07) is -0.422. The summed E-state index contributed by atoms with van der Waals surface area (Å²) in [4.78, 5) is 22.9. The Kier molecular flexibility index (Phi) is 18.1. The number of hydrogen-bond donors (Lipinski definition) is 2. The average Bonchev–Trinajstić information content (AvgIpc) is 2.75. The second kappa shape index (κ2) is 18.7. The fourth-order valence-electron chi connectivity index (χ4n) is 3.60. The van der Waals surface area contributed by atoms with E-state index in [0.29, 0.717) is 18.8 Å². The first-order valence-electron chi connectivity index (χ1n) is 11.9. The van der Waals surface area contributed by atoms with Crippen LogP contribution in [0.3, 0.4) is 0 Å². The molecule has 0 aliphatic carbocycles. The molecule has 0 amide bonds. The number of rotatable bonds is 15. The molecule has 0 aromatic carbocycles. The highest BCUT2D eigenvalue weighted by Crippen LogP contribution is 2.29. The van der Waals surface area contributed by atoms with Gasteiger partial charge in [0.15, 0.2) is 11.4 Å². The fourth-order valence-corrected chi connectivity index (χ4v) is 4.30. The maximum Gasteiger partial charge on any atom is 0.330 e. The van der Waals surface area contributed by atoms with Gasteiger partial charge in [-0.2, -0.15) is 0 Å². The third-order valence-corrected chi connectivity index (χ3v) is 6.02. The minimum Gasteiger partial charge on any atom is -0.459 e. The number of thioether (sulfide) groups is 1. The standard InChI is InChI=1S/C22H39NO5S.C2H6/c1-4-5-6-7-8-9-10-11-18(2)14-21(25)28-19-12-13-27-22(26,15-19)20(23-3)16-29-17-24;1-2/h14,17,19-20,23,26H,4-13,15-16H2,1-3H3;1-2H3/b18-14-;. The van der Waals surface area contributed by atoms with Crippen LogP contribution in [0.15, 0.2) is 11.6 Å². The highest BCUT2D eigenvalue weighted by Gasteiger charge is 2.43. The second-order valence-corrected chi connectivity index (χ2v) is 8.74. The molecule has 0 spiro atoms. The lowest BCUT2D eigenvalue weighted by Crippen LogP contribution is -2.57. The summed E-state index contributed by atoms with van der Waals surface area (Å²) in [5.74, 6) is -1.43. The van der Waals surface area contributed by atoms with Crippen molar-refractivity contribution in [2.75, 3.05) is 19.4 Å². The molecule has 6 nitrogen and oxygen atoms in total. The first-order chi connectivity index (χ1) is 14.9. The van der Waals surface area contributed by atoms with E-state index in [0.717, 1.165) is 35.8 Å². The number of allylic oxidation sites excluding steroid dienone is 1. The molecule has 31 heavy (non-hydrogen) atoms. The van der Waals surface area contributed by atoms with Crippen LogP contribution in [0, 0.1) is 0 Å². The zero-order chi connectivity index (χ0) is 23.5. The molecule has 7 heteroatoms. The maximum atomic E-state index is 12.3. The molecule has 1 fully saturated rings. The van der Waals surface area contributed by atoms with Gasteiger partial charge in [-0.05, 0) is 26.8 Å². The SMILES string of the molecule is CC.CCCCCCCCC/C(C)=C\C(=O)OC1CCOC(O)(C(CSC=O)NC)C1. The first-order valence-corrected chi connectivity index (χ1v) is 13.0. The van der Waals surface area contributed by atoms with E-state index in [2.05, 4.69) is 12.2 Å². The molecule has 0 aromatic heterocycles. The molecule has 0 bridgehead atoms. The number of carbonyl (C=O) groups is 2. The van der Waals surface area contributed by atoms with E-state index in [1.54, 1.807) is 13.1 Å².